The average molecular weight is 394 g/mol. The van der Waals surface area contributed by atoms with Crippen LogP contribution in [0.1, 0.15) is 39.5 Å². The summed E-state index contributed by atoms with van der Waals surface area (Å²) in [6.45, 7) is 7.22. The lowest BCUT2D eigenvalue weighted by atomic mass is 9.97. The molecule has 0 spiro atoms. The Morgan fingerprint density at radius 3 is 2.75 bits per heavy atom. The Morgan fingerprint density at radius 2 is 2.07 bits per heavy atom. The number of nitrogens with two attached hydrogens (primary N) is 1. The summed E-state index contributed by atoms with van der Waals surface area (Å²) in [6.07, 6.45) is -3.02. The first-order valence-electron chi connectivity index (χ1n) is 8.93. The Morgan fingerprint density at radius 1 is 1.36 bits per heavy atom. The second-order valence-electron chi connectivity index (χ2n) is 8.38. The first kappa shape index (κ1) is 20.3. The molecule has 1 saturated heterocycles. The molecule has 10 heteroatoms. The minimum absolute atomic E-state index is 0.189. The van der Waals surface area contributed by atoms with E-state index < -0.39 is 30.1 Å². The Hall–Kier alpha value is -2.43. The summed E-state index contributed by atoms with van der Waals surface area (Å²) >= 11 is 0. The van der Waals surface area contributed by atoms with Gasteiger partial charge in [-0.3, -0.25) is 0 Å². The third kappa shape index (κ3) is 3.89. The number of carbonyl (C=O) groups excluding carboxylic acids is 1. The van der Waals surface area contributed by atoms with Crippen LogP contribution < -0.4 is 5.73 Å². The molecule has 3 rings (SSSR count). The standard InChI is InChI=1S/C18H26N4O6/c1-17(2,3)7-26-16(25)27-8-18(4)14(24)12(23)13(28-18)10-5-6-11-15(19)20-9-21-22(10)11/h5-6,9,12-14,23-24H,7-8H2,1-4H3,(H2,19,20,21)/t12-,13-,14-,18+/m0/s1. The number of fused-ring (bicyclic) bond motifs is 1. The zero-order chi connectivity index (χ0) is 20.7. The lowest BCUT2D eigenvalue weighted by molar-refractivity contribution is -0.110. The number of anilines is 1. The van der Waals surface area contributed by atoms with Gasteiger partial charge in [-0.05, 0) is 24.5 Å². The maximum Gasteiger partial charge on any atom is 0.508 e. The summed E-state index contributed by atoms with van der Waals surface area (Å²) in [5, 5.41) is 25.2. The highest BCUT2D eigenvalue weighted by Gasteiger charge is 2.53. The van der Waals surface area contributed by atoms with Gasteiger partial charge in [0.15, 0.2) is 5.82 Å². The zero-order valence-electron chi connectivity index (χ0n) is 16.3. The number of aromatic nitrogens is 3. The van der Waals surface area contributed by atoms with Gasteiger partial charge in [0.25, 0.3) is 0 Å². The van der Waals surface area contributed by atoms with Crippen LogP contribution in [0.2, 0.25) is 0 Å². The first-order valence-corrected chi connectivity index (χ1v) is 8.93. The summed E-state index contributed by atoms with van der Waals surface area (Å²) < 4.78 is 17.6. The van der Waals surface area contributed by atoms with Crippen molar-refractivity contribution in [1.29, 1.82) is 0 Å². The summed E-state index contributed by atoms with van der Waals surface area (Å²) in [5.74, 6) is 0.280. The third-order valence-corrected chi connectivity index (χ3v) is 4.56. The van der Waals surface area contributed by atoms with Crippen molar-refractivity contribution in [3.63, 3.8) is 0 Å². The van der Waals surface area contributed by atoms with E-state index in [0.717, 1.165) is 0 Å². The maximum atomic E-state index is 11.8. The van der Waals surface area contributed by atoms with Gasteiger partial charge in [0.2, 0.25) is 0 Å². The fourth-order valence-corrected chi connectivity index (χ4v) is 3.02. The largest absolute Gasteiger partial charge is 0.508 e. The molecule has 0 aliphatic carbocycles. The molecule has 28 heavy (non-hydrogen) atoms. The van der Waals surface area contributed by atoms with Crippen LogP contribution in [0.3, 0.4) is 0 Å². The minimum atomic E-state index is -1.33. The third-order valence-electron chi connectivity index (χ3n) is 4.56. The van der Waals surface area contributed by atoms with Crippen LogP contribution in [0.15, 0.2) is 18.5 Å². The monoisotopic (exact) mass is 394 g/mol. The Bertz CT molecular complexity index is 863. The van der Waals surface area contributed by atoms with Crippen LogP contribution in [0.4, 0.5) is 10.6 Å². The fraction of sp³-hybridized carbons (Fsp3) is 0.611. The highest BCUT2D eigenvalue weighted by atomic mass is 16.7. The number of hydrogen-bond acceptors (Lipinski definition) is 9. The van der Waals surface area contributed by atoms with Crippen molar-refractivity contribution < 1.29 is 29.2 Å². The number of nitrogen functional groups attached to an aromatic ring is 1. The lowest BCUT2D eigenvalue weighted by Gasteiger charge is -2.27. The quantitative estimate of drug-likeness (QED) is 0.649. The van der Waals surface area contributed by atoms with Crippen LogP contribution in [-0.2, 0) is 14.2 Å². The van der Waals surface area contributed by atoms with Gasteiger partial charge in [0.05, 0.1) is 12.3 Å². The minimum Gasteiger partial charge on any atom is -0.434 e. The molecule has 1 aliphatic rings. The van der Waals surface area contributed by atoms with Crippen molar-refractivity contribution in [3.05, 3.63) is 24.2 Å². The summed E-state index contributed by atoms with van der Waals surface area (Å²) in [4.78, 5) is 15.7. The van der Waals surface area contributed by atoms with E-state index in [1.54, 1.807) is 19.1 Å². The topological polar surface area (TPSA) is 141 Å². The molecule has 0 radical (unpaired) electrons. The van der Waals surface area contributed by atoms with Gasteiger partial charge in [0.1, 0.15) is 42.4 Å². The van der Waals surface area contributed by atoms with E-state index in [0.29, 0.717) is 11.2 Å². The number of carbonyl (C=O) groups is 1. The molecule has 0 unspecified atom stereocenters. The second kappa shape index (κ2) is 7.19. The molecule has 0 aromatic carbocycles. The first-order chi connectivity index (χ1) is 13.0. The molecule has 3 heterocycles. The predicted molar refractivity (Wildman–Crippen MR) is 98.4 cm³/mol. The van der Waals surface area contributed by atoms with Gasteiger partial charge < -0.3 is 30.2 Å². The molecule has 1 fully saturated rings. The van der Waals surface area contributed by atoms with Gasteiger partial charge in [-0.2, -0.15) is 5.10 Å². The molecule has 4 atom stereocenters. The van der Waals surface area contributed by atoms with Crippen LogP contribution in [-0.4, -0.2) is 62.0 Å². The predicted octanol–water partition coefficient (Wildman–Crippen LogP) is 1.06. The molecular weight excluding hydrogens is 368 g/mol. The molecule has 0 saturated carbocycles. The smallest absolute Gasteiger partial charge is 0.434 e. The molecular formula is C18H26N4O6. The Labute approximate surface area is 162 Å². The van der Waals surface area contributed by atoms with E-state index in [1.807, 2.05) is 20.8 Å². The molecule has 10 nitrogen and oxygen atoms in total. The van der Waals surface area contributed by atoms with E-state index in [2.05, 4.69) is 10.1 Å². The van der Waals surface area contributed by atoms with E-state index >= 15 is 0 Å². The van der Waals surface area contributed by atoms with Crippen molar-refractivity contribution in [3.8, 4) is 0 Å². The number of ether oxygens (including phenoxy) is 3. The van der Waals surface area contributed by atoms with Crippen molar-refractivity contribution in [1.82, 2.24) is 14.6 Å². The molecule has 0 amide bonds. The van der Waals surface area contributed by atoms with Gasteiger partial charge in [-0.15, -0.1) is 0 Å². The van der Waals surface area contributed by atoms with Crippen LogP contribution in [0, 0.1) is 5.41 Å². The summed E-state index contributed by atoms with van der Waals surface area (Å²) in [6, 6.07) is 3.38. The number of hydrogen-bond donors (Lipinski definition) is 3. The number of aliphatic hydroxyl groups excluding tert-OH is 2. The molecule has 2 aromatic rings. The van der Waals surface area contributed by atoms with Crippen LogP contribution in [0.5, 0.6) is 0 Å². The number of nitrogens with zero attached hydrogens (tertiary/aromatic N) is 3. The van der Waals surface area contributed by atoms with E-state index in [4.69, 9.17) is 19.9 Å². The SMILES string of the molecule is CC(C)(C)COC(=O)OC[C@@]1(C)O[C@@H](c2ccc3c(N)ncnn23)[C@H](O)[C@@H]1O. The number of rotatable bonds is 4. The van der Waals surface area contributed by atoms with E-state index in [-0.39, 0.29) is 24.4 Å². The van der Waals surface area contributed by atoms with Gasteiger partial charge >= 0.3 is 6.16 Å². The molecule has 154 valence electrons. The second-order valence-corrected chi connectivity index (χ2v) is 8.38. The van der Waals surface area contributed by atoms with Crippen molar-refractivity contribution >= 4 is 17.5 Å². The summed E-state index contributed by atoms with van der Waals surface area (Å²) in [5.41, 5.74) is 5.35. The highest BCUT2D eigenvalue weighted by Crippen LogP contribution is 2.40. The molecule has 0 bridgehead atoms. The number of aliphatic hydroxyl groups is 2. The zero-order valence-corrected chi connectivity index (χ0v) is 16.3. The van der Waals surface area contributed by atoms with Gasteiger partial charge in [0, 0.05) is 0 Å². The molecule has 1 aliphatic heterocycles. The van der Waals surface area contributed by atoms with Crippen molar-refractivity contribution in [2.24, 2.45) is 5.41 Å². The van der Waals surface area contributed by atoms with Crippen LogP contribution in [0.25, 0.3) is 5.52 Å². The van der Waals surface area contributed by atoms with Crippen molar-refractivity contribution in [2.75, 3.05) is 18.9 Å². The van der Waals surface area contributed by atoms with Gasteiger partial charge in [-0.25, -0.2) is 14.3 Å². The highest BCUT2D eigenvalue weighted by molar-refractivity contribution is 5.65. The normalized spacial score (nSPS) is 27.9. The van der Waals surface area contributed by atoms with Crippen molar-refractivity contribution in [2.45, 2.75) is 51.6 Å². The van der Waals surface area contributed by atoms with E-state index in [9.17, 15) is 15.0 Å². The van der Waals surface area contributed by atoms with E-state index in [1.165, 1.54) is 10.8 Å². The lowest BCUT2D eigenvalue weighted by Crippen LogP contribution is -2.44. The Kier molecular flexibility index (Phi) is 5.22. The van der Waals surface area contributed by atoms with Crippen LogP contribution >= 0.6 is 0 Å². The molecule has 2 aromatic heterocycles. The van der Waals surface area contributed by atoms with Gasteiger partial charge in [-0.1, -0.05) is 20.8 Å². The summed E-state index contributed by atoms with van der Waals surface area (Å²) in [7, 11) is 0. The molecule has 4 N–H and O–H groups in total. The average Bonchev–Trinajstić information content (AvgIpc) is 3.14. The Balaban J connectivity index is 1.72. The fourth-order valence-electron chi connectivity index (χ4n) is 3.02. The maximum absolute atomic E-state index is 11.8.